The van der Waals surface area contributed by atoms with Crippen LogP contribution in [0.25, 0.3) is 0 Å². The van der Waals surface area contributed by atoms with E-state index in [0.717, 1.165) is 17.7 Å². The standard InChI is InChI=1S/C20H23ClN2O2/c1-4-13(2)18(20(25)22-17-8-6-5-7-14(17)3)23-19(24)15-9-11-16(21)12-10-15/h5-13,18H,4H2,1-3H3,(H,22,25)(H,23,24). The molecule has 5 heteroatoms. The molecule has 2 atom stereocenters. The van der Waals surface area contributed by atoms with Gasteiger partial charge in [0.05, 0.1) is 0 Å². The van der Waals surface area contributed by atoms with Crippen LogP contribution in [-0.4, -0.2) is 17.9 Å². The number of para-hydroxylation sites is 1. The highest BCUT2D eigenvalue weighted by Crippen LogP contribution is 2.17. The van der Waals surface area contributed by atoms with Gasteiger partial charge in [0.25, 0.3) is 5.91 Å². The first-order valence-electron chi connectivity index (χ1n) is 8.35. The van der Waals surface area contributed by atoms with Crippen LogP contribution in [0.1, 0.15) is 36.2 Å². The average molecular weight is 359 g/mol. The zero-order valence-corrected chi connectivity index (χ0v) is 15.4. The maximum absolute atomic E-state index is 12.7. The van der Waals surface area contributed by atoms with Gasteiger partial charge in [0.1, 0.15) is 6.04 Å². The summed E-state index contributed by atoms with van der Waals surface area (Å²) < 4.78 is 0. The van der Waals surface area contributed by atoms with E-state index in [1.807, 2.05) is 45.0 Å². The second kappa shape index (κ2) is 8.67. The van der Waals surface area contributed by atoms with Crippen molar-refractivity contribution in [3.63, 3.8) is 0 Å². The first-order valence-corrected chi connectivity index (χ1v) is 8.73. The summed E-state index contributed by atoms with van der Waals surface area (Å²) in [6, 6.07) is 13.5. The van der Waals surface area contributed by atoms with Gasteiger partial charge in [-0.3, -0.25) is 9.59 Å². The average Bonchev–Trinajstić information content (AvgIpc) is 2.61. The van der Waals surface area contributed by atoms with Gasteiger partial charge in [-0.1, -0.05) is 50.1 Å². The van der Waals surface area contributed by atoms with Crippen LogP contribution in [-0.2, 0) is 4.79 Å². The number of amides is 2. The molecule has 0 aliphatic carbocycles. The number of carbonyl (C=O) groups is 2. The van der Waals surface area contributed by atoms with Crippen LogP contribution in [0.15, 0.2) is 48.5 Å². The Kier molecular flexibility index (Phi) is 6.59. The molecule has 25 heavy (non-hydrogen) atoms. The Morgan fingerprint density at radius 2 is 1.72 bits per heavy atom. The number of hydrogen-bond acceptors (Lipinski definition) is 2. The van der Waals surface area contributed by atoms with E-state index in [9.17, 15) is 9.59 Å². The van der Waals surface area contributed by atoms with Gasteiger partial charge in [-0.2, -0.15) is 0 Å². The van der Waals surface area contributed by atoms with Crippen LogP contribution in [0.4, 0.5) is 5.69 Å². The van der Waals surface area contributed by atoms with Crippen LogP contribution < -0.4 is 10.6 Å². The van der Waals surface area contributed by atoms with Crippen LogP contribution in [0.3, 0.4) is 0 Å². The predicted molar refractivity (Wildman–Crippen MR) is 102 cm³/mol. The molecule has 0 heterocycles. The van der Waals surface area contributed by atoms with Crippen LogP contribution in [0.2, 0.25) is 5.02 Å². The van der Waals surface area contributed by atoms with Crippen molar-refractivity contribution in [2.75, 3.05) is 5.32 Å². The molecule has 4 nitrogen and oxygen atoms in total. The molecule has 2 aromatic rings. The third-order valence-electron chi connectivity index (χ3n) is 4.29. The summed E-state index contributed by atoms with van der Waals surface area (Å²) >= 11 is 5.85. The topological polar surface area (TPSA) is 58.2 Å². The lowest BCUT2D eigenvalue weighted by Crippen LogP contribution is -2.47. The highest BCUT2D eigenvalue weighted by Gasteiger charge is 2.26. The summed E-state index contributed by atoms with van der Waals surface area (Å²) in [7, 11) is 0. The monoisotopic (exact) mass is 358 g/mol. The van der Waals surface area contributed by atoms with Gasteiger partial charge in [-0.15, -0.1) is 0 Å². The molecule has 132 valence electrons. The Labute approximate surface area is 153 Å². The van der Waals surface area contributed by atoms with Gasteiger partial charge < -0.3 is 10.6 Å². The van der Waals surface area contributed by atoms with Gasteiger partial charge in [-0.25, -0.2) is 0 Å². The molecular formula is C20H23ClN2O2. The fraction of sp³-hybridized carbons (Fsp3) is 0.300. The molecule has 0 aliphatic rings. The Hall–Kier alpha value is -2.33. The van der Waals surface area contributed by atoms with Gasteiger partial charge in [0.15, 0.2) is 0 Å². The second-order valence-electron chi connectivity index (χ2n) is 6.15. The molecule has 0 radical (unpaired) electrons. The molecule has 2 amide bonds. The number of rotatable bonds is 6. The van der Waals surface area contributed by atoms with E-state index in [0.29, 0.717) is 10.6 Å². The molecule has 0 saturated carbocycles. The number of carbonyl (C=O) groups excluding carboxylic acids is 2. The molecule has 2 N–H and O–H groups in total. The van der Waals surface area contributed by atoms with E-state index in [1.54, 1.807) is 24.3 Å². The van der Waals surface area contributed by atoms with Crippen molar-refractivity contribution in [2.45, 2.75) is 33.2 Å². The van der Waals surface area contributed by atoms with Crippen molar-refractivity contribution >= 4 is 29.1 Å². The zero-order valence-electron chi connectivity index (χ0n) is 14.7. The Morgan fingerprint density at radius 3 is 2.32 bits per heavy atom. The van der Waals surface area contributed by atoms with E-state index in [1.165, 1.54) is 0 Å². The van der Waals surface area contributed by atoms with E-state index < -0.39 is 6.04 Å². The van der Waals surface area contributed by atoms with Crippen molar-refractivity contribution in [3.8, 4) is 0 Å². The summed E-state index contributed by atoms with van der Waals surface area (Å²) in [5.41, 5.74) is 2.20. The molecule has 0 bridgehead atoms. The third kappa shape index (κ3) is 5.07. The van der Waals surface area contributed by atoms with Crippen molar-refractivity contribution in [1.29, 1.82) is 0 Å². The van der Waals surface area contributed by atoms with Crippen molar-refractivity contribution in [2.24, 2.45) is 5.92 Å². The summed E-state index contributed by atoms with van der Waals surface area (Å²) in [6.45, 7) is 5.87. The highest BCUT2D eigenvalue weighted by atomic mass is 35.5. The molecule has 2 aromatic carbocycles. The molecule has 0 aliphatic heterocycles. The number of benzene rings is 2. The molecule has 0 saturated heterocycles. The minimum Gasteiger partial charge on any atom is -0.340 e. The van der Waals surface area contributed by atoms with Crippen molar-refractivity contribution in [1.82, 2.24) is 5.32 Å². The van der Waals surface area contributed by atoms with E-state index >= 15 is 0 Å². The minimum atomic E-state index is -0.618. The number of halogens is 1. The SMILES string of the molecule is CCC(C)C(NC(=O)c1ccc(Cl)cc1)C(=O)Nc1ccccc1C. The fourth-order valence-electron chi connectivity index (χ4n) is 2.45. The summed E-state index contributed by atoms with van der Waals surface area (Å²) in [5, 5.41) is 6.33. The second-order valence-corrected chi connectivity index (χ2v) is 6.58. The molecular weight excluding hydrogens is 336 g/mol. The van der Waals surface area contributed by atoms with Gasteiger partial charge >= 0.3 is 0 Å². The van der Waals surface area contributed by atoms with Crippen LogP contribution in [0, 0.1) is 12.8 Å². The van der Waals surface area contributed by atoms with Gasteiger partial charge in [0, 0.05) is 16.3 Å². The largest absolute Gasteiger partial charge is 0.340 e. The van der Waals surface area contributed by atoms with Crippen LogP contribution in [0.5, 0.6) is 0 Å². The maximum Gasteiger partial charge on any atom is 0.251 e. The highest BCUT2D eigenvalue weighted by molar-refractivity contribution is 6.30. The normalized spacial score (nSPS) is 13.0. The van der Waals surface area contributed by atoms with E-state index in [2.05, 4.69) is 10.6 Å². The predicted octanol–water partition coefficient (Wildman–Crippen LogP) is 4.43. The lowest BCUT2D eigenvalue weighted by molar-refractivity contribution is -0.119. The summed E-state index contributed by atoms with van der Waals surface area (Å²) in [4.78, 5) is 25.2. The van der Waals surface area contributed by atoms with Gasteiger partial charge in [-0.05, 0) is 48.7 Å². The Balaban J connectivity index is 2.15. The first kappa shape index (κ1) is 19.0. The fourth-order valence-corrected chi connectivity index (χ4v) is 2.58. The molecule has 0 spiro atoms. The van der Waals surface area contributed by atoms with Gasteiger partial charge in [0.2, 0.25) is 5.91 Å². The number of nitrogens with one attached hydrogen (secondary N) is 2. The number of hydrogen-bond donors (Lipinski definition) is 2. The van der Waals surface area contributed by atoms with E-state index in [4.69, 9.17) is 11.6 Å². The molecule has 2 rings (SSSR count). The smallest absolute Gasteiger partial charge is 0.251 e. The first-order chi connectivity index (χ1) is 11.9. The Morgan fingerprint density at radius 1 is 1.08 bits per heavy atom. The Bertz CT molecular complexity index is 744. The van der Waals surface area contributed by atoms with Crippen molar-refractivity contribution in [3.05, 3.63) is 64.7 Å². The zero-order chi connectivity index (χ0) is 18.4. The maximum atomic E-state index is 12.7. The summed E-state index contributed by atoms with van der Waals surface area (Å²) in [6.07, 6.45) is 0.771. The lowest BCUT2D eigenvalue weighted by atomic mass is 9.97. The molecule has 2 unspecified atom stereocenters. The minimum absolute atomic E-state index is 0.000249. The number of aryl methyl sites for hydroxylation is 1. The number of anilines is 1. The van der Waals surface area contributed by atoms with Crippen LogP contribution >= 0.6 is 11.6 Å². The molecule has 0 aromatic heterocycles. The van der Waals surface area contributed by atoms with Crippen molar-refractivity contribution < 1.29 is 9.59 Å². The van der Waals surface area contributed by atoms with E-state index in [-0.39, 0.29) is 17.7 Å². The summed E-state index contributed by atoms with van der Waals surface area (Å²) in [5.74, 6) is -0.506. The quantitative estimate of drug-likeness (QED) is 0.802. The lowest BCUT2D eigenvalue weighted by Gasteiger charge is -2.24. The molecule has 0 fully saturated rings. The third-order valence-corrected chi connectivity index (χ3v) is 4.54.